The molecule has 220 valence electrons. The average Bonchev–Trinajstić information content (AvgIpc) is 3.70. The Bertz CT molecular complexity index is 1760. The molecule has 0 amide bonds. The Morgan fingerprint density at radius 1 is 1.12 bits per heavy atom. The standard InChI is InChI=1S/C32H38N6O4/c1-20-6-7-28(21(2)14-20)42-19-23(39)17-34-25-8-9-33-31(40)29(25)30-35-26-15-22-18-38(13-5-12-37-10-3-4-11-37)32(41)24(22)16-27(26)36-30/h6-9,14-16,18,23,39,41H,3-5,10-13,17,19H2,1-2H3,(H,35,36)(H2,33,34,40)/t23-/m1/s1. The van der Waals surface area contributed by atoms with Crippen LogP contribution in [0.3, 0.4) is 0 Å². The summed E-state index contributed by atoms with van der Waals surface area (Å²) in [6.45, 7) is 8.42. The van der Waals surface area contributed by atoms with Crippen LogP contribution in [-0.4, -0.2) is 73.5 Å². The van der Waals surface area contributed by atoms with Crippen molar-refractivity contribution in [3.63, 3.8) is 0 Å². The summed E-state index contributed by atoms with van der Waals surface area (Å²) in [4.78, 5) is 26.1. The van der Waals surface area contributed by atoms with Gasteiger partial charge in [0.15, 0.2) is 5.88 Å². The lowest BCUT2D eigenvalue weighted by atomic mass is 10.1. The lowest BCUT2D eigenvalue weighted by Gasteiger charge is -2.16. The van der Waals surface area contributed by atoms with Crippen LogP contribution in [0.1, 0.15) is 30.4 Å². The third kappa shape index (κ3) is 5.86. The van der Waals surface area contributed by atoms with E-state index >= 15 is 0 Å². The second-order valence-corrected chi connectivity index (χ2v) is 11.3. The molecule has 10 heteroatoms. The second-order valence-electron chi connectivity index (χ2n) is 11.3. The number of aliphatic hydroxyl groups excluding tert-OH is 1. The summed E-state index contributed by atoms with van der Waals surface area (Å²) in [5.41, 5.74) is 4.16. The molecule has 6 rings (SSSR count). The average molecular weight is 571 g/mol. The van der Waals surface area contributed by atoms with Gasteiger partial charge in [-0.25, -0.2) is 4.98 Å². The first-order chi connectivity index (χ1) is 20.4. The summed E-state index contributed by atoms with van der Waals surface area (Å²) in [7, 11) is 0. The molecule has 0 aliphatic carbocycles. The summed E-state index contributed by atoms with van der Waals surface area (Å²) in [6, 6.07) is 11.5. The Labute approximate surface area is 244 Å². The first-order valence-electron chi connectivity index (χ1n) is 14.6. The molecule has 2 aromatic carbocycles. The molecule has 42 heavy (non-hydrogen) atoms. The number of aromatic amines is 2. The third-order valence-electron chi connectivity index (χ3n) is 8.02. The number of imidazole rings is 1. The van der Waals surface area contributed by atoms with Gasteiger partial charge in [-0.3, -0.25) is 4.79 Å². The maximum atomic E-state index is 12.9. The van der Waals surface area contributed by atoms with Crippen LogP contribution >= 0.6 is 0 Å². The Hall–Kier alpha value is -4.28. The highest BCUT2D eigenvalue weighted by Gasteiger charge is 2.18. The monoisotopic (exact) mass is 570 g/mol. The van der Waals surface area contributed by atoms with Crippen molar-refractivity contribution >= 4 is 27.5 Å². The molecule has 3 aromatic heterocycles. The molecule has 0 bridgehead atoms. The molecule has 1 atom stereocenters. The highest BCUT2D eigenvalue weighted by molar-refractivity contribution is 5.99. The van der Waals surface area contributed by atoms with E-state index in [9.17, 15) is 15.0 Å². The van der Waals surface area contributed by atoms with E-state index in [1.807, 2.05) is 54.9 Å². The first kappa shape index (κ1) is 27.9. The molecule has 1 saturated heterocycles. The lowest BCUT2D eigenvalue weighted by molar-refractivity contribution is 0.117. The number of pyridine rings is 1. The smallest absolute Gasteiger partial charge is 0.261 e. The van der Waals surface area contributed by atoms with E-state index in [2.05, 4.69) is 20.2 Å². The molecule has 0 spiro atoms. The minimum absolute atomic E-state index is 0.109. The molecular weight excluding hydrogens is 532 g/mol. The topological polar surface area (TPSA) is 131 Å². The van der Waals surface area contributed by atoms with Crippen LogP contribution in [0, 0.1) is 13.8 Å². The van der Waals surface area contributed by atoms with Crippen molar-refractivity contribution in [2.45, 2.75) is 45.8 Å². The number of fused-ring (bicyclic) bond motifs is 2. The predicted molar refractivity (Wildman–Crippen MR) is 166 cm³/mol. The van der Waals surface area contributed by atoms with E-state index < -0.39 is 6.10 Å². The number of likely N-dealkylation sites (tertiary alicyclic amines) is 1. The van der Waals surface area contributed by atoms with Crippen LogP contribution in [0.5, 0.6) is 11.6 Å². The van der Waals surface area contributed by atoms with Crippen molar-refractivity contribution < 1.29 is 14.9 Å². The van der Waals surface area contributed by atoms with Gasteiger partial charge in [0, 0.05) is 36.3 Å². The molecule has 1 aliphatic heterocycles. The van der Waals surface area contributed by atoms with E-state index in [1.165, 1.54) is 25.9 Å². The first-order valence-corrected chi connectivity index (χ1v) is 14.6. The van der Waals surface area contributed by atoms with Crippen molar-refractivity contribution in [3.05, 3.63) is 70.3 Å². The minimum atomic E-state index is -0.802. The number of anilines is 1. The fraction of sp³-hybridized carbons (Fsp3) is 0.375. The maximum Gasteiger partial charge on any atom is 0.261 e. The van der Waals surface area contributed by atoms with E-state index in [0.29, 0.717) is 22.6 Å². The number of aromatic nitrogens is 4. The Morgan fingerprint density at radius 3 is 2.76 bits per heavy atom. The molecule has 10 nitrogen and oxygen atoms in total. The summed E-state index contributed by atoms with van der Waals surface area (Å²) in [6.07, 6.45) is 6.26. The van der Waals surface area contributed by atoms with Gasteiger partial charge in [0.25, 0.3) is 5.56 Å². The predicted octanol–water partition coefficient (Wildman–Crippen LogP) is 4.53. The summed E-state index contributed by atoms with van der Waals surface area (Å²) in [5, 5.41) is 26.3. The Balaban J connectivity index is 1.17. The van der Waals surface area contributed by atoms with Crippen LogP contribution in [0.4, 0.5) is 5.69 Å². The van der Waals surface area contributed by atoms with E-state index in [-0.39, 0.29) is 24.6 Å². The second kappa shape index (κ2) is 11.9. The molecule has 5 N–H and O–H groups in total. The van der Waals surface area contributed by atoms with E-state index in [0.717, 1.165) is 52.7 Å². The normalized spacial score (nSPS) is 14.6. The number of hydrogen-bond donors (Lipinski definition) is 5. The lowest BCUT2D eigenvalue weighted by Crippen LogP contribution is -2.27. The molecule has 1 fully saturated rings. The molecule has 5 aromatic rings. The largest absolute Gasteiger partial charge is 0.494 e. The molecular formula is C32H38N6O4. The van der Waals surface area contributed by atoms with E-state index in [4.69, 9.17) is 9.72 Å². The number of hydrogen-bond acceptors (Lipinski definition) is 7. The van der Waals surface area contributed by atoms with Gasteiger partial charge in [-0.15, -0.1) is 0 Å². The molecule has 0 radical (unpaired) electrons. The number of rotatable bonds is 11. The van der Waals surface area contributed by atoms with Crippen LogP contribution in [0.2, 0.25) is 0 Å². The van der Waals surface area contributed by atoms with Gasteiger partial charge in [-0.2, -0.15) is 0 Å². The number of nitrogens with one attached hydrogen (secondary N) is 3. The zero-order valence-electron chi connectivity index (χ0n) is 24.1. The molecule has 4 heterocycles. The van der Waals surface area contributed by atoms with Gasteiger partial charge >= 0.3 is 0 Å². The summed E-state index contributed by atoms with van der Waals surface area (Å²) in [5.74, 6) is 1.37. The minimum Gasteiger partial charge on any atom is -0.494 e. The number of benzene rings is 2. The van der Waals surface area contributed by atoms with Gasteiger partial charge in [0.05, 0.1) is 16.7 Å². The Kier molecular flexibility index (Phi) is 7.90. The van der Waals surface area contributed by atoms with Gasteiger partial charge < -0.3 is 39.7 Å². The highest BCUT2D eigenvalue weighted by Crippen LogP contribution is 2.32. The quantitative estimate of drug-likeness (QED) is 0.158. The maximum absolute atomic E-state index is 12.9. The van der Waals surface area contributed by atoms with Crippen molar-refractivity contribution in [1.82, 2.24) is 24.4 Å². The SMILES string of the molecule is Cc1ccc(OC[C@H](O)CNc2cc[nH]c(=O)c2-c2nc3cc4c(O)n(CCCN5CCCC5)cc4cc3[nH]2)c(C)c1. The van der Waals surface area contributed by atoms with Crippen molar-refractivity contribution in [2.24, 2.45) is 0 Å². The fourth-order valence-corrected chi connectivity index (χ4v) is 5.81. The van der Waals surface area contributed by atoms with Gasteiger partial charge in [0.1, 0.15) is 29.8 Å². The fourth-order valence-electron chi connectivity index (χ4n) is 5.81. The number of aromatic hydroxyl groups is 1. The highest BCUT2D eigenvalue weighted by atomic mass is 16.5. The number of ether oxygens (including phenoxy) is 1. The Morgan fingerprint density at radius 2 is 1.95 bits per heavy atom. The van der Waals surface area contributed by atoms with E-state index in [1.54, 1.807) is 12.3 Å². The zero-order valence-corrected chi connectivity index (χ0v) is 24.1. The van der Waals surface area contributed by atoms with Crippen molar-refractivity contribution in [2.75, 3.05) is 38.1 Å². The van der Waals surface area contributed by atoms with Crippen molar-refractivity contribution in [1.29, 1.82) is 0 Å². The summed E-state index contributed by atoms with van der Waals surface area (Å²) < 4.78 is 7.72. The van der Waals surface area contributed by atoms with Crippen LogP contribution < -0.4 is 15.6 Å². The third-order valence-corrected chi connectivity index (χ3v) is 8.02. The molecule has 1 aliphatic rings. The van der Waals surface area contributed by atoms with Crippen LogP contribution in [0.25, 0.3) is 33.2 Å². The molecule has 0 unspecified atom stereocenters. The number of aliphatic hydroxyl groups is 1. The number of aryl methyl sites for hydroxylation is 3. The number of H-pyrrole nitrogens is 2. The van der Waals surface area contributed by atoms with Gasteiger partial charge in [-0.05, 0) is 82.6 Å². The summed E-state index contributed by atoms with van der Waals surface area (Å²) >= 11 is 0. The van der Waals surface area contributed by atoms with Gasteiger partial charge in [-0.1, -0.05) is 17.7 Å². The van der Waals surface area contributed by atoms with Gasteiger partial charge in [0.2, 0.25) is 0 Å². The van der Waals surface area contributed by atoms with Crippen LogP contribution in [-0.2, 0) is 6.54 Å². The zero-order chi connectivity index (χ0) is 29.2. The number of nitrogens with zero attached hydrogens (tertiary/aromatic N) is 3. The van der Waals surface area contributed by atoms with Crippen LogP contribution in [0.15, 0.2) is 53.6 Å². The molecule has 0 saturated carbocycles. The van der Waals surface area contributed by atoms with Crippen molar-refractivity contribution in [3.8, 4) is 23.0 Å².